The van der Waals surface area contributed by atoms with Gasteiger partial charge in [0.15, 0.2) is 0 Å². The second-order valence-electron chi connectivity index (χ2n) is 5.67. The van der Waals surface area contributed by atoms with Gasteiger partial charge in [0.2, 0.25) is 0 Å². The maximum Gasteiger partial charge on any atom is 0.0700 e. The summed E-state index contributed by atoms with van der Waals surface area (Å²) < 4.78 is 14.1. The van der Waals surface area contributed by atoms with Gasteiger partial charge in [0.25, 0.3) is 0 Å². The predicted octanol–water partition coefficient (Wildman–Crippen LogP) is 2.76. The molecule has 3 atom stereocenters. The summed E-state index contributed by atoms with van der Waals surface area (Å²) in [5, 5.41) is 8.16. The summed E-state index contributed by atoms with van der Waals surface area (Å²) in [7, 11) is 1.72. The molecule has 120 valence electrons. The van der Waals surface area contributed by atoms with Crippen LogP contribution in [0.3, 0.4) is 0 Å². The molecule has 2 rings (SSSR count). The molecule has 3 unspecified atom stereocenters. The molecule has 0 aliphatic carbocycles. The Morgan fingerprint density at radius 2 is 2.43 bits per heavy atom. The fourth-order valence-corrected chi connectivity index (χ4v) is 3.45. The maximum atomic E-state index is 5.78. The highest BCUT2D eigenvalue weighted by atomic mass is 79.9. The van der Waals surface area contributed by atoms with Crippen LogP contribution in [0.15, 0.2) is 10.7 Å². The van der Waals surface area contributed by atoms with E-state index in [-0.39, 0.29) is 6.04 Å². The Hall–Kier alpha value is -0.430. The highest BCUT2D eigenvalue weighted by Crippen LogP contribution is 2.35. The number of halogens is 1. The summed E-state index contributed by atoms with van der Waals surface area (Å²) >= 11 is 3.66. The van der Waals surface area contributed by atoms with Crippen molar-refractivity contribution in [1.29, 1.82) is 0 Å². The average Bonchev–Trinajstić information content (AvgIpc) is 3.05. The van der Waals surface area contributed by atoms with Crippen molar-refractivity contribution in [3.63, 3.8) is 0 Å². The minimum atomic E-state index is 0.267. The van der Waals surface area contributed by atoms with Crippen molar-refractivity contribution in [1.82, 2.24) is 15.1 Å². The quantitative estimate of drug-likeness (QED) is 0.775. The van der Waals surface area contributed by atoms with Gasteiger partial charge < -0.3 is 14.8 Å². The number of hydrogen-bond acceptors (Lipinski definition) is 4. The lowest BCUT2D eigenvalue weighted by molar-refractivity contribution is 0.116. The van der Waals surface area contributed by atoms with Crippen LogP contribution >= 0.6 is 15.9 Å². The Balaban J connectivity index is 2.20. The second kappa shape index (κ2) is 8.27. The van der Waals surface area contributed by atoms with Gasteiger partial charge in [-0.3, -0.25) is 4.68 Å². The first-order valence-electron chi connectivity index (χ1n) is 7.72. The van der Waals surface area contributed by atoms with Gasteiger partial charge in [0.1, 0.15) is 0 Å². The molecule has 0 bridgehead atoms. The minimum absolute atomic E-state index is 0.267. The molecular formula is C15H26BrN3O2. The molecule has 2 heterocycles. The standard InChI is InChI=1S/C15H26BrN3O2/c1-4-5-17-14(12-8-11(2)21-10-12)15-13(16)9-18-19(15)6-7-20-3/h9,11-12,14,17H,4-8,10H2,1-3H3. The molecule has 1 saturated heterocycles. The zero-order valence-electron chi connectivity index (χ0n) is 13.1. The lowest BCUT2D eigenvalue weighted by Crippen LogP contribution is -2.32. The lowest BCUT2D eigenvalue weighted by atomic mass is 9.94. The van der Waals surface area contributed by atoms with Gasteiger partial charge in [-0.25, -0.2) is 0 Å². The lowest BCUT2D eigenvalue weighted by Gasteiger charge is -2.25. The number of hydrogen-bond donors (Lipinski definition) is 1. The van der Waals surface area contributed by atoms with E-state index in [0.717, 1.165) is 37.0 Å². The van der Waals surface area contributed by atoms with Gasteiger partial charge in [0, 0.05) is 13.0 Å². The topological polar surface area (TPSA) is 48.3 Å². The van der Waals surface area contributed by atoms with Crippen LogP contribution in [-0.2, 0) is 16.0 Å². The summed E-state index contributed by atoms with van der Waals surface area (Å²) in [5.41, 5.74) is 1.21. The van der Waals surface area contributed by atoms with E-state index < -0.39 is 0 Å². The van der Waals surface area contributed by atoms with Crippen LogP contribution in [0.4, 0.5) is 0 Å². The van der Waals surface area contributed by atoms with E-state index in [4.69, 9.17) is 9.47 Å². The summed E-state index contributed by atoms with van der Waals surface area (Å²) in [6.45, 7) is 7.58. The monoisotopic (exact) mass is 359 g/mol. The van der Waals surface area contributed by atoms with Gasteiger partial charge in [-0.05, 0) is 42.2 Å². The number of aromatic nitrogens is 2. The molecule has 0 radical (unpaired) electrons. The fraction of sp³-hybridized carbons (Fsp3) is 0.800. The molecule has 0 spiro atoms. The third-order valence-electron chi connectivity index (χ3n) is 3.95. The molecule has 1 fully saturated rings. The van der Waals surface area contributed by atoms with Crippen molar-refractivity contribution in [3.05, 3.63) is 16.4 Å². The van der Waals surface area contributed by atoms with Crippen molar-refractivity contribution in [2.24, 2.45) is 5.92 Å². The van der Waals surface area contributed by atoms with E-state index in [0.29, 0.717) is 18.6 Å². The molecule has 0 amide bonds. The van der Waals surface area contributed by atoms with E-state index in [1.807, 2.05) is 10.9 Å². The van der Waals surface area contributed by atoms with Crippen molar-refractivity contribution >= 4 is 15.9 Å². The second-order valence-corrected chi connectivity index (χ2v) is 6.52. The average molecular weight is 360 g/mol. The van der Waals surface area contributed by atoms with Crippen LogP contribution in [-0.4, -0.2) is 42.8 Å². The molecule has 0 saturated carbocycles. The van der Waals surface area contributed by atoms with Gasteiger partial charge in [-0.15, -0.1) is 0 Å². The smallest absolute Gasteiger partial charge is 0.0700 e. The fourth-order valence-electron chi connectivity index (χ4n) is 2.91. The minimum Gasteiger partial charge on any atom is -0.383 e. The van der Waals surface area contributed by atoms with E-state index in [1.165, 1.54) is 5.69 Å². The highest BCUT2D eigenvalue weighted by Gasteiger charge is 2.33. The molecule has 1 N–H and O–H groups in total. The first-order valence-corrected chi connectivity index (χ1v) is 8.51. The first kappa shape index (κ1) is 16.9. The number of rotatable bonds is 8. The summed E-state index contributed by atoms with van der Waals surface area (Å²) in [6, 6.07) is 0.267. The van der Waals surface area contributed by atoms with Crippen LogP contribution in [0.25, 0.3) is 0 Å². The first-order chi connectivity index (χ1) is 10.2. The summed E-state index contributed by atoms with van der Waals surface area (Å²) in [6.07, 6.45) is 4.42. The molecule has 5 nitrogen and oxygen atoms in total. The predicted molar refractivity (Wildman–Crippen MR) is 86.4 cm³/mol. The SMILES string of the molecule is CCCNC(c1c(Br)cnn1CCOC)C1COC(C)C1. The highest BCUT2D eigenvalue weighted by molar-refractivity contribution is 9.10. The third kappa shape index (κ3) is 4.28. The van der Waals surface area contributed by atoms with Crippen molar-refractivity contribution < 1.29 is 9.47 Å². The Morgan fingerprint density at radius 3 is 3.05 bits per heavy atom. The largest absolute Gasteiger partial charge is 0.383 e. The third-order valence-corrected chi connectivity index (χ3v) is 4.56. The zero-order chi connectivity index (χ0) is 15.2. The Kier molecular flexibility index (Phi) is 6.67. The number of nitrogens with one attached hydrogen (secondary N) is 1. The molecule has 1 aromatic heterocycles. The van der Waals surface area contributed by atoms with Gasteiger partial charge in [-0.1, -0.05) is 6.92 Å². The summed E-state index contributed by atoms with van der Waals surface area (Å²) in [4.78, 5) is 0. The molecule has 21 heavy (non-hydrogen) atoms. The normalized spacial score (nSPS) is 23.6. The number of methoxy groups -OCH3 is 1. The Labute approximate surface area is 135 Å². The molecule has 6 heteroatoms. The van der Waals surface area contributed by atoms with Crippen molar-refractivity contribution in [3.8, 4) is 0 Å². The molecule has 1 aliphatic rings. The molecular weight excluding hydrogens is 334 g/mol. The van der Waals surface area contributed by atoms with E-state index in [1.54, 1.807) is 7.11 Å². The van der Waals surface area contributed by atoms with Crippen LogP contribution in [0, 0.1) is 5.92 Å². The van der Waals surface area contributed by atoms with Crippen LogP contribution in [0.2, 0.25) is 0 Å². The van der Waals surface area contributed by atoms with E-state index in [2.05, 4.69) is 40.2 Å². The van der Waals surface area contributed by atoms with E-state index in [9.17, 15) is 0 Å². The van der Waals surface area contributed by atoms with Crippen LogP contribution < -0.4 is 5.32 Å². The van der Waals surface area contributed by atoms with Gasteiger partial charge in [-0.2, -0.15) is 5.10 Å². The molecule has 0 aromatic carbocycles. The van der Waals surface area contributed by atoms with Crippen molar-refractivity contribution in [2.45, 2.75) is 45.4 Å². The number of nitrogens with zero attached hydrogens (tertiary/aromatic N) is 2. The molecule has 1 aromatic rings. The van der Waals surface area contributed by atoms with E-state index >= 15 is 0 Å². The Morgan fingerprint density at radius 1 is 1.62 bits per heavy atom. The Bertz CT molecular complexity index is 439. The maximum absolute atomic E-state index is 5.78. The van der Waals surface area contributed by atoms with Gasteiger partial charge in [0.05, 0.1) is 48.3 Å². The molecule has 1 aliphatic heterocycles. The zero-order valence-corrected chi connectivity index (χ0v) is 14.7. The number of ether oxygens (including phenoxy) is 2. The summed E-state index contributed by atoms with van der Waals surface area (Å²) in [5.74, 6) is 0.487. The van der Waals surface area contributed by atoms with Crippen LogP contribution in [0.1, 0.15) is 38.4 Å². The van der Waals surface area contributed by atoms with Crippen molar-refractivity contribution in [2.75, 3.05) is 26.9 Å². The van der Waals surface area contributed by atoms with Crippen LogP contribution in [0.5, 0.6) is 0 Å². The van der Waals surface area contributed by atoms with Gasteiger partial charge >= 0.3 is 0 Å².